The molecule has 0 N–H and O–H groups in total. The van der Waals surface area contributed by atoms with E-state index in [1.165, 1.54) is 0 Å². The third kappa shape index (κ3) is 4.05. The number of nitriles is 1. The fourth-order valence-corrected chi connectivity index (χ4v) is 2.24. The summed E-state index contributed by atoms with van der Waals surface area (Å²) >= 11 is 0. The second kappa shape index (κ2) is 7.93. The molecule has 3 heteroatoms. The molecular weight excluding hydrogens is 238 g/mol. The van der Waals surface area contributed by atoms with Crippen LogP contribution in [0.15, 0.2) is 30.3 Å². The molecular formula is C16H23NO2. The van der Waals surface area contributed by atoms with Gasteiger partial charge >= 0.3 is 0 Å². The van der Waals surface area contributed by atoms with Crippen LogP contribution < -0.4 is 0 Å². The van der Waals surface area contributed by atoms with Crippen LogP contribution in [0.2, 0.25) is 0 Å². The lowest BCUT2D eigenvalue weighted by Crippen LogP contribution is -2.32. The van der Waals surface area contributed by atoms with Crippen molar-refractivity contribution in [3.05, 3.63) is 35.9 Å². The van der Waals surface area contributed by atoms with Gasteiger partial charge in [-0.25, -0.2) is 0 Å². The fourth-order valence-electron chi connectivity index (χ4n) is 2.24. The van der Waals surface area contributed by atoms with E-state index >= 15 is 0 Å². The van der Waals surface area contributed by atoms with Crippen LogP contribution in [0, 0.1) is 11.3 Å². The number of ether oxygens (including phenoxy) is 2. The van der Waals surface area contributed by atoms with Crippen molar-refractivity contribution in [1.82, 2.24) is 0 Å². The number of hydrogen-bond donors (Lipinski definition) is 0. The minimum atomic E-state index is -0.545. The van der Waals surface area contributed by atoms with Crippen LogP contribution in [-0.2, 0) is 14.9 Å². The van der Waals surface area contributed by atoms with Gasteiger partial charge < -0.3 is 9.47 Å². The first-order valence-electron chi connectivity index (χ1n) is 6.92. The molecule has 0 fully saturated rings. The van der Waals surface area contributed by atoms with Gasteiger partial charge in [0.1, 0.15) is 0 Å². The van der Waals surface area contributed by atoms with Crippen LogP contribution in [0.5, 0.6) is 0 Å². The average Bonchev–Trinajstić information content (AvgIpc) is 2.46. The van der Waals surface area contributed by atoms with Crippen molar-refractivity contribution in [1.29, 1.82) is 5.26 Å². The van der Waals surface area contributed by atoms with Gasteiger partial charge in [0.05, 0.1) is 11.5 Å². The molecule has 1 atom stereocenters. The number of hydrogen-bond acceptors (Lipinski definition) is 3. The maximum Gasteiger partial charge on any atom is 0.159 e. The van der Waals surface area contributed by atoms with Gasteiger partial charge in [0.15, 0.2) is 6.29 Å². The fraction of sp³-hybridized carbons (Fsp3) is 0.562. The highest BCUT2D eigenvalue weighted by molar-refractivity contribution is 5.32. The van der Waals surface area contributed by atoms with Crippen molar-refractivity contribution in [2.75, 3.05) is 13.2 Å². The van der Waals surface area contributed by atoms with Gasteiger partial charge in [0.2, 0.25) is 0 Å². The van der Waals surface area contributed by atoms with E-state index < -0.39 is 5.41 Å². The van der Waals surface area contributed by atoms with E-state index in [0.717, 1.165) is 12.0 Å². The van der Waals surface area contributed by atoms with E-state index in [-0.39, 0.29) is 6.29 Å². The maximum absolute atomic E-state index is 9.65. The van der Waals surface area contributed by atoms with E-state index in [1.54, 1.807) is 0 Å². The van der Waals surface area contributed by atoms with Gasteiger partial charge in [-0.3, -0.25) is 0 Å². The summed E-state index contributed by atoms with van der Waals surface area (Å²) < 4.78 is 11.2. The largest absolute Gasteiger partial charge is 0.353 e. The molecule has 0 amide bonds. The molecule has 0 bridgehead atoms. The summed E-state index contributed by atoms with van der Waals surface area (Å²) in [6.07, 6.45) is 0.977. The van der Waals surface area contributed by atoms with E-state index in [9.17, 15) is 5.26 Å². The third-order valence-electron chi connectivity index (χ3n) is 3.36. The summed E-state index contributed by atoms with van der Waals surface area (Å²) in [5.74, 6) is 0. The Morgan fingerprint density at radius 3 is 2.11 bits per heavy atom. The Morgan fingerprint density at radius 2 is 1.68 bits per heavy atom. The highest BCUT2D eigenvalue weighted by Gasteiger charge is 2.34. The van der Waals surface area contributed by atoms with E-state index in [0.29, 0.717) is 19.6 Å². The summed E-state index contributed by atoms with van der Waals surface area (Å²) in [4.78, 5) is 0. The van der Waals surface area contributed by atoms with Crippen LogP contribution in [0.4, 0.5) is 0 Å². The van der Waals surface area contributed by atoms with Gasteiger partial charge in [-0.2, -0.15) is 5.26 Å². The number of rotatable bonds is 8. The molecule has 0 aliphatic heterocycles. The molecule has 0 saturated heterocycles. The minimum Gasteiger partial charge on any atom is -0.353 e. The predicted molar refractivity (Wildman–Crippen MR) is 75.7 cm³/mol. The van der Waals surface area contributed by atoms with E-state index in [2.05, 4.69) is 6.07 Å². The van der Waals surface area contributed by atoms with Crippen LogP contribution in [0.25, 0.3) is 0 Å². The van der Waals surface area contributed by atoms with Crippen molar-refractivity contribution in [3.8, 4) is 6.07 Å². The molecule has 0 spiro atoms. The van der Waals surface area contributed by atoms with E-state index in [4.69, 9.17) is 9.47 Å². The maximum atomic E-state index is 9.65. The lowest BCUT2D eigenvalue weighted by Gasteiger charge is -2.30. The molecule has 0 aliphatic carbocycles. The summed E-state index contributed by atoms with van der Waals surface area (Å²) in [6, 6.07) is 12.4. The quantitative estimate of drug-likeness (QED) is 0.671. The van der Waals surface area contributed by atoms with Crippen molar-refractivity contribution in [2.24, 2.45) is 0 Å². The molecule has 1 aromatic rings. The molecule has 3 nitrogen and oxygen atoms in total. The number of nitrogens with zero attached hydrogens (tertiary/aromatic N) is 1. The Labute approximate surface area is 116 Å². The normalized spacial score (nSPS) is 14.1. The second-order valence-electron chi connectivity index (χ2n) is 4.46. The average molecular weight is 261 g/mol. The van der Waals surface area contributed by atoms with Gasteiger partial charge in [-0.05, 0) is 25.8 Å². The molecule has 0 unspecified atom stereocenters. The first-order valence-corrected chi connectivity index (χ1v) is 6.92. The third-order valence-corrected chi connectivity index (χ3v) is 3.36. The number of benzene rings is 1. The van der Waals surface area contributed by atoms with Crippen LogP contribution in [-0.4, -0.2) is 19.5 Å². The van der Waals surface area contributed by atoms with Gasteiger partial charge in [0, 0.05) is 19.6 Å². The Balaban J connectivity index is 2.96. The Kier molecular flexibility index (Phi) is 6.55. The zero-order chi connectivity index (χ0) is 14.1. The molecule has 0 heterocycles. The topological polar surface area (TPSA) is 42.2 Å². The van der Waals surface area contributed by atoms with Crippen LogP contribution in [0.3, 0.4) is 0 Å². The van der Waals surface area contributed by atoms with Gasteiger partial charge in [-0.1, -0.05) is 37.3 Å². The first-order chi connectivity index (χ1) is 9.22. The smallest absolute Gasteiger partial charge is 0.159 e. The monoisotopic (exact) mass is 261 g/mol. The summed E-state index contributed by atoms with van der Waals surface area (Å²) in [5, 5.41) is 9.65. The molecule has 1 aromatic carbocycles. The van der Waals surface area contributed by atoms with Crippen molar-refractivity contribution in [3.63, 3.8) is 0 Å². The lowest BCUT2D eigenvalue weighted by molar-refractivity contribution is -0.146. The zero-order valence-electron chi connectivity index (χ0n) is 12.1. The van der Waals surface area contributed by atoms with Gasteiger partial charge in [-0.15, -0.1) is 0 Å². The lowest BCUT2D eigenvalue weighted by atomic mass is 9.76. The first kappa shape index (κ1) is 15.7. The summed E-state index contributed by atoms with van der Waals surface area (Å²) in [7, 11) is 0. The molecule has 0 aromatic heterocycles. The molecule has 0 saturated carbocycles. The zero-order valence-corrected chi connectivity index (χ0v) is 12.1. The summed E-state index contributed by atoms with van der Waals surface area (Å²) in [6.45, 7) is 7.09. The highest BCUT2D eigenvalue weighted by Crippen LogP contribution is 2.33. The minimum absolute atomic E-state index is 0.324. The van der Waals surface area contributed by atoms with Gasteiger partial charge in [0.25, 0.3) is 0 Å². The second-order valence-corrected chi connectivity index (χ2v) is 4.46. The predicted octanol–water partition coefficient (Wildman–Crippen LogP) is 3.65. The highest BCUT2D eigenvalue weighted by atomic mass is 16.7. The molecule has 0 radical (unpaired) electrons. The molecule has 104 valence electrons. The Hall–Kier alpha value is -1.37. The molecule has 19 heavy (non-hydrogen) atoms. The Bertz CT molecular complexity index is 393. The van der Waals surface area contributed by atoms with Crippen LogP contribution in [0.1, 0.15) is 39.2 Å². The summed E-state index contributed by atoms with van der Waals surface area (Å²) in [5.41, 5.74) is 0.486. The van der Waals surface area contributed by atoms with Crippen molar-refractivity contribution in [2.45, 2.75) is 45.3 Å². The van der Waals surface area contributed by atoms with Crippen molar-refractivity contribution >= 4 is 0 Å². The van der Waals surface area contributed by atoms with E-state index in [1.807, 2.05) is 51.1 Å². The van der Waals surface area contributed by atoms with Crippen molar-refractivity contribution < 1.29 is 9.47 Å². The SMILES string of the molecule is CCOC(C[C@@](C#N)(CC)c1ccccc1)OCC. The molecule has 1 rings (SSSR count). The Morgan fingerprint density at radius 1 is 1.11 bits per heavy atom. The standard InChI is InChI=1S/C16H23NO2/c1-4-16(13-17,14-10-8-7-9-11-14)12-15(18-5-2)19-6-3/h7-11,15H,4-6,12H2,1-3H3/t16-/m1/s1. The van der Waals surface area contributed by atoms with Crippen LogP contribution >= 0.6 is 0 Å². The molecule has 0 aliphatic rings.